The highest BCUT2D eigenvalue weighted by molar-refractivity contribution is 7.92. The third-order valence-electron chi connectivity index (χ3n) is 5.63. The van der Waals surface area contributed by atoms with Crippen molar-refractivity contribution in [3.05, 3.63) is 78.4 Å². The number of carbonyl (C=O) groups is 1. The van der Waals surface area contributed by atoms with Gasteiger partial charge in [0.1, 0.15) is 24.7 Å². The van der Waals surface area contributed by atoms with Crippen LogP contribution in [-0.2, 0) is 24.8 Å². The minimum absolute atomic E-state index is 0.0674. The molecule has 0 radical (unpaired) electrons. The Morgan fingerprint density at radius 1 is 0.769 bits per heavy atom. The molecule has 3 rings (SSSR count). The molecular weight excluding hydrogens is 542 g/mol. The number of hydrogen-bond donors (Lipinski definition) is 1. The quantitative estimate of drug-likeness (QED) is 0.311. The van der Waals surface area contributed by atoms with Gasteiger partial charge in [0.2, 0.25) is 15.9 Å². The molecule has 0 saturated heterocycles. The molecule has 0 spiro atoms. The van der Waals surface area contributed by atoms with E-state index in [1.807, 2.05) is 13.8 Å². The minimum Gasteiger partial charge on any atom is -0.494 e. The standard InChI is InChI=1S/C27H33N3O7S2/c1-5-36-23-10-8-22(9-11-23)30(39(34,35)26-14-6-21(2)7-15-26)20-27(31)28-18-19-37-24-12-16-25(17-13-24)38(32,33)29(3)4/h6-17H,5,18-20H2,1-4H3,(H,28,31). The number of rotatable bonds is 13. The zero-order valence-electron chi connectivity index (χ0n) is 22.3. The van der Waals surface area contributed by atoms with E-state index in [1.165, 1.54) is 50.5 Å². The number of sulfonamides is 2. The fourth-order valence-electron chi connectivity index (χ4n) is 3.49. The zero-order chi connectivity index (χ0) is 28.6. The highest BCUT2D eigenvalue weighted by Crippen LogP contribution is 2.26. The summed E-state index contributed by atoms with van der Waals surface area (Å²) in [6, 6.07) is 18.8. The Morgan fingerprint density at radius 3 is 1.85 bits per heavy atom. The van der Waals surface area contributed by atoms with E-state index in [4.69, 9.17) is 9.47 Å². The second-order valence-corrected chi connectivity index (χ2v) is 12.7. The molecular formula is C27H33N3O7S2. The van der Waals surface area contributed by atoms with Crippen LogP contribution >= 0.6 is 0 Å². The molecule has 0 aliphatic heterocycles. The molecule has 39 heavy (non-hydrogen) atoms. The van der Waals surface area contributed by atoms with Gasteiger partial charge in [-0.05, 0) is 74.5 Å². The lowest BCUT2D eigenvalue weighted by molar-refractivity contribution is -0.119. The van der Waals surface area contributed by atoms with E-state index in [1.54, 1.807) is 36.4 Å². The first-order valence-corrected chi connectivity index (χ1v) is 15.1. The zero-order valence-corrected chi connectivity index (χ0v) is 24.0. The van der Waals surface area contributed by atoms with Gasteiger partial charge in [-0.25, -0.2) is 21.1 Å². The van der Waals surface area contributed by atoms with Gasteiger partial charge in [-0.3, -0.25) is 9.10 Å². The first kappa shape index (κ1) is 29.9. The van der Waals surface area contributed by atoms with Crippen LogP contribution in [-0.4, -0.2) is 67.4 Å². The number of benzene rings is 3. The number of amides is 1. The van der Waals surface area contributed by atoms with E-state index in [-0.39, 0.29) is 22.9 Å². The average molecular weight is 576 g/mol. The van der Waals surface area contributed by atoms with Crippen molar-refractivity contribution in [2.75, 3.05) is 44.7 Å². The van der Waals surface area contributed by atoms with Crippen molar-refractivity contribution < 1.29 is 31.1 Å². The molecule has 0 saturated carbocycles. The maximum atomic E-state index is 13.5. The summed E-state index contributed by atoms with van der Waals surface area (Å²) in [5, 5.41) is 2.67. The summed E-state index contributed by atoms with van der Waals surface area (Å²) in [6.45, 7) is 3.93. The Kier molecular flexibility index (Phi) is 9.95. The minimum atomic E-state index is -4.04. The van der Waals surface area contributed by atoms with Gasteiger partial charge in [0.15, 0.2) is 0 Å². The molecule has 0 aliphatic carbocycles. The summed E-state index contributed by atoms with van der Waals surface area (Å²) >= 11 is 0. The topological polar surface area (TPSA) is 122 Å². The third kappa shape index (κ3) is 7.71. The van der Waals surface area contributed by atoms with Crippen LogP contribution in [0.1, 0.15) is 12.5 Å². The first-order chi connectivity index (χ1) is 18.4. The number of nitrogens with zero attached hydrogens (tertiary/aromatic N) is 2. The number of anilines is 1. The van der Waals surface area contributed by atoms with Crippen LogP contribution < -0.4 is 19.1 Å². The molecule has 0 aliphatic rings. The second-order valence-electron chi connectivity index (χ2n) is 8.71. The molecule has 1 amide bonds. The van der Waals surface area contributed by atoms with Gasteiger partial charge in [-0.15, -0.1) is 0 Å². The number of ether oxygens (including phenoxy) is 2. The lowest BCUT2D eigenvalue weighted by Crippen LogP contribution is -2.41. The Hall–Kier alpha value is -3.61. The van der Waals surface area contributed by atoms with Crippen molar-refractivity contribution in [3.8, 4) is 11.5 Å². The van der Waals surface area contributed by atoms with E-state index in [2.05, 4.69) is 5.32 Å². The van der Waals surface area contributed by atoms with Crippen LogP contribution in [0.5, 0.6) is 11.5 Å². The summed E-state index contributed by atoms with van der Waals surface area (Å²) in [5.74, 6) is 0.499. The van der Waals surface area contributed by atoms with Crippen LogP contribution in [0.25, 0.3) is 0 Å². The average Bonchev–Trinajstić information content (AvgIpc) is 2.91. The number of carbonyl (C=O) groups excluding carboxylic acids is 1. The molecule has 0 bridgehead atoms. The van der Waals surface area contributed by atoms with E-state index in [0.29, 0.717) is 23.8 Å². The maximum absolute atomic E-state index is 13.5. The van der Waals surface area contributed by atoms with Gasteiger partial charge in [0.25, 0.3) is 10.0 Å². The monoisotopic (exact) mass is 575 g/mol. The van der Waals surface area contributed by atoms with Crippen LogP contribution in [0.15, 0.2) is 82.6 Å². The fourth-order valence-corrected chi connectivity index (χ4v) is 5.81. The molecule has 1 N–H and O–H groups in total. The Bertz CT molecular complexity index is 1460. The molecule has 12 heteroatoms. The van der Waals surface area contributed by atoms with Crippen LogP contribution in [0.3, 0.4) is 0 Å². The van der Waals surface area contributed by atoms with Gasteiger partial charge >= 0.3 is 0 Å². The summed E-state index contributed by atoms with van der Waals surface area (Å²) in [6.07, 6.45) is 0. The number of aryl methyl sites for hydroxylation is 1. The lowest BCUT2D eigenvalue weighted by Gasteiger charge is -2.24. The number of nitrogens with one attached hydrogen (secondary N) is 1. The Balaban J connectivity index is 1.66. The van der Waals surface area contributed by atoms with Crippen molar-refractivity contribution in [2.24, 2.45) is 0 Å². The smallest absolute Gasteiger partial charge is 0.264 e. The lowest BCUT2D eigenvalue weighted by atomic mass is 10.2. The first-order valence-electron chi connectivity index (χ1n) is 12.2. The van der Waals surface area contributed by atoms with Gasteiger partial charge in [0, 0.05) is 14.1 Å². The molecule has 0 unspecified atom stereocenters. The summed E-state index contributed by atoms with van der Waals surface area (Å²) < 4.78 is 64.5. The molecule has 0 aromatic heterocycles. The van der Waals surface area contributed by atoms with Crippen molar-refractivity contribution in [2.45, 2.75) is 23.6 Å². The van der Waals surface area contributed by atoms with Crippen LogP contribution in [0.2, 0.25) is 0 Å². The third-order valence-corrected chi connectivity index (χ3v) is 9.24. The molecule has 3 aromatic rings. The van der Waals surface area contributed by atoms with Crippen molar-refractivity contribution in [3.63, 3.8) is 0 Å². The predicted octanol–water partition coefficient (Wildman–Crippen LogP) is 3.03. The highest BCUT2D eigenvalue weighted by Gasteiger charge is 2.27. The predicted molar refractivity (Wildman–Crippen MR) is 149 cm³/mol. The molecule has 0 heterocycles. The van der Waals surface area contributed by atoms with Gasteiger partial charge in [0.05, 0.1) is 28.6 Å². The summed E-state index contributed by atoms with van der Waals surface area (Å²) in [5.41, 5.74) is 1.23. The SMILES string of the molecule is CCOc1ccc(N(CC(=O)NCCOc2ccc(S(=O)(=O)N(C)C)cc2)S(=O)(=O)c2ccc(C)cc2)cc1. The normalized spacial score (nSPS) is 11.7. The van der Waals surface area contributed by atoms with Crippen molar-refractivity contribution >= 4 is 31.6 Å². The van der Waals surface area contributed by atoms with Gasteiger partial charge in [-0.1, -0.05) is 17.7 Å². The fraction of sp³-hybridized carbons (Fsp3) is 0.296. The largest absolute Gasteiger partial charge is 0.494 e. The van der Waals surface area contributed by atoms with Gasteiger partial charge < -0.3 is 14.8 Å². The second kappa shape index (κ2) is 13.0. The summed E-state index contributed by atoms with van der Waals surface area (Å²) in [7, 11) is -4.68. The van der Waals surface area contributed by atoms with Crippen molar-refractivity contribution in [1.29, 1.82) is 0 Å². The molecule has 210 valence electrons. The Labute approximate surface area is 230 Å². The van der Waals surface area contributed by atoms with Crippen LogP contribution in [0.4, 0.5) is 5.69 Å². The van der Waals surface area contributed by atoms with Crippen molar-refractivity contribution in [1.82, 2.24) is 9.62 Å². The van der Waals surface area contributed by atoms with Gasteiger partial charge in [-0.2, -0.15) is 0 Å². The maximum Gasteiger partial charge on any atom is 0.264 e. The van der Waals surface area contributed by atoms with E-state index < -0.39 is 32.5 Å². The van der Waals surface area contributed by atoms with Crippen LogP contribution in [0, 0.1) is 6.92 Å². The Morgan fingerprint density at radius 2 is 1.28 bits per heavy atom. The highest BCUT2D eigenvalue weighted by atomic mass is 32.2. The molecule has 10 nitrogen and oxygen atoms in total. The van der Waals surface area contributed by atoms with E-state index in [0.717, 1.165) is 14.2 Å². The van der Waals surface area contributed by atoms with E-state index in [9.17, 15) is 21.6 Å². The number of hydrogen-bond acceptors (Lipinski definition) is 7. The molecule has 0 fully saturated rings. The molecule has 0 atom stereocenters. The molecule has 3 aromatic carbocycles. The summed E-state index contributed by atoms with van der Waals surface area (Å²) in [4.78, 5) is 13.0. The van der Waals surface area contributed by atoms with E-state index >= 15 is 0 Å².